The van der Waals surface area contributed by atoms with Crippen LogP contribution in [0.15, 0.2) is 255 Å². The summed E-state index contributed by atoms with van der Waals surface area (Å²) in [5, 5.41) is 7.77. The van der Waals surface area contributed by atoms with E-state index >= 15 is 0 Å². The van der Waals surface area contributed by atoms with Gasteiger partial charge in [-0.25, -0.2) is 4.98 Å². The number of rotatable bonds is 10. The molecule has 0 atom stereocenters. The van der Waals surface area contributed by atoms with Crippen LogP contribution in [-0.2, 0) is 42.7 Å². The molecule has 4 heterocycles. The summed E-state index contributed by atoms with van der Waals surface area (Å²) >= 11 is 0. The topological polar surface area (TPSA) is 33.5 Å². The van der Waals surface area contributed by atoms with Crippen molar-refractivity contribution in [2.75, 3.05) is 9.80 Å². The number of hydrogen-bond donors (Lipinski definition) is 0. The second-order valence-corrected chi connectivity index (χ2v) is 33.4. The zero-order valence-electron chi connectivity index (χ0n) is 56.3. The van der Waals surface area contributed by atoms with Crippen molar-refractivity contribution >= 4 is 73.4 Å². The molecular formula is C88H79N4OPtSi-3. The van der Waals surface area contributed by atoms with Crippen LogP contribution in [-0.4, -0.2) is 17.6 Å². The zero-order chi connectivity index (χ0) is 65.1. The van der Waals surface area contributed by atoms with Gasteiger partial charge >= 0.3 is 0 Å². The maximum absolute atomic E-state index is 7.13. The van der Waals surface area contributed by atoms with Gasteiger partial charge in [0.1, 0.15) is 5.82 Å². The second kappa shape index (κ2) is 23.8. The molecule has 0 N–H and O–H groups in total. The summed E-state index contributed by atoms with van der Waals surface area (Å²) in [4.78, 5) is 10.1. The molecule has 0 unspecified atom stereocenters. The summed E-state index contributed by atoms with van der Waals surface area (Å²) in [7, 11) is -3.01. The molecule has 15 rings (SSSR count). The van der Waals surface area contributed by atoms with E-state index in [1.54, 1.807) is 0 Å². The molecular weight excluding hydrogens is 1350 g/mol. The Labute approximate surface area is 577 Å². The first-order valence-corrected chi connectivity index (χ1v) is 35.1. The maximum atomic E-state index is 7.13. The summed E-state index contributed by atoms with van der Waals surface area (Å²) in [6, 6.07) is 99.6. The number of benzene rings is 11. The van der Waals surface area contributed by atoms with Crippen LogP contribution in [0.5, 0.6) is 11.5 Å². The van der Waals surface area contributed by atoms with Crippen molar-refractivity contribution in [3.63, 3.8) is 0 Å². The van der Waals surface area contributed by atoms with Crippen molar-refractivity contribution in [1.82, 2.24) is 9.55 Å². The first-order valence-electron chi connectivity index (χ1n) is 33.1. The number of hydrogen-bond acceptors (Lipinski definition) is 4. The molecule has 5 nitrogen and oxygen atoms in total. The first kappa shape index (κ1) is 63.1. The minimum atomic E-state index is -3.01. The van der Waals surface area contributed by atoms with E-state index in [1.165, 1.54) is 65.1 Å². The van der Waals surface area contributed by atoms with Crippen molar-refractivity contribution in [3.8, 4) is 61.8 Å². The van der Waals surface area contributed by atoms with E-state index in [0.717, 1.165) is 72.8 Å². The Morgan fingerprint density at radius 3 is 1.60 bits per heavy atom. The molecule has 2 aliphatic heterocycles. The van der Waals surface area contributed by atoms with Crippen molar-refractivity contribution in [3.05, 3.63) is 296 Å². The number of nitrogens with zero attached hydrogens (tertiary/aromatic N) is 4. The van der Waals surface area contributed by atoms with Crippen molar-refractivity contribution in [1.29, 1.82) is 0 Å². The predicted molar refractivity (Wildman–Crippen MR) is 398 cm³/mol. The van der Waals surface area contributed by atoms with Gasteiger partial charge in [0.25, 0.3) is 0 Å². The standard InChI is InChI=1S/C88H79N4OSi.Pt/c1-85(2,3)61-44-42-59(43-45-61)74-56-89-81(55-75(74)88(10,11)12)92-78-49-48-72-71-36-22-25-41-80(71)94(67-32-18-14-19-33-67,68-34-20-15-21-35-68)84(72)82(78)73-47-46-66(54-79(73)92)93-65-31-26-30-64(53-65)90-57-91(77-40-24-23-39-76(77)90)83-69(58-28-16-13-17-29-58)37-27-38-70(83)60-50-62(86(4,5)6)52-63(51-60)87(7,8)9;/h13-52,55-57H,1-12H3;/q-3;. The molecule has 474 valence electrons. The van der Waals surface area contributed by atoms with Crippen LogP contribution >= 0.6 is 0 Å². The van der Waals surface area contributed by atoms with E-state index in [-0.39, 0.29) is 42.7 Å². The third-order valence-electron chi connectivity index (χ3n) is 19.4. The first-order chi connectivity index (χ1) is 45.1. The summed E-state index contributed by atoms with van der Waals surface area (Å²) < 4.78 is 9.48. The molecule has 2 aromatic heterocycles. The van der Waals surface area contributed by atoms with Gasteiger partial charge in [-0.1, -0.05) is 283 Å². The van der Waals surface area contributed by atoms with Crippen LogP contribution in [0.1, 0.15) is 105 Å². The summed E-state index contributed by atoms with van der Waals surface area (Å²) in [6.07, 6.45) is 2.10. The van der Waals surface area contributed by atoms with Gasteiger partial charge < -0.3 is 19.1 Å². The smallest absolute Gasteiger partial charge is 0.180 e. The minimum Gasteiger partial charge on any atom is -0.509 e. The summed E-state index contributed by atoms with van der Waals surface area (Å²) in [6.45, 7) is 29.8. The summed E-state index contributed by atoms with van der Waals surface area (Å²) in [5.74, 6) is 1.97. The van der Waals surface area contributed by atoms with Gasteiger partial charge in [0.2, 0.25) is 0 Å². The van der Waals surface area contributed by atoms with E-state index in [1.807, 2.05) is 6.07 Å². The number of ether oxygens (including phenoxy) is 1. The molecule has 0 amide bonds. The van der Waals surface area contributed by atoms with Gasteiger partial charge in [-0.05, 0) is 122 Å². The molecule has 13 aromatic rings. The number of pyridine rings is 1. The van der Waals surface area contributed by atoms with E-state index in [9.17, 15) is 0 Å². The molecule has 95 heavy (non-hydrogen) atoms. The Bertz CT molecular complexity index is 4990. The predicted octanol–water partition coefficient (Wildman–Crippen LogP) is 20.5. The Morgan fingerprint density at radius 1 is 0.421 bits per heavy atom. The van der Waals surface area contributed by atoms with Gasteiger partial charge in [-0.2, -0.15) is 12.1 Å². The average Bonchev–Trinajstić information content (AvgIpc) is 1.52. The van der Waals surface area contributed by atoms with E-state index in [2.05, 4.69) is 365 Å². The van der Waals surface area contributed by atoms with Crippen LogP contribution < -0.4 is 35.3 Å². The van der Waals surface area contributed by atoms with E-state index in [4.69, 9.17) is 9.72 Å². The van der Waals surface area contributed by atoms with Crippen LogP contribution in [0.25, 0.3) is 72.1 Å². The fraction of sp³-hybridized carbons (Fsp3) is 0.182. The Morgan fingerprint density at radius 2 is 0.968 bits per heavy atom. The normalized spacial score (nSPS) is 13.6. The van der Waals surface area contributed by atoms with E-state index < -0.39 is 8.07 Å². The monoisotopic (exact) mass is 1430 g/mol. The van der Waals surface area contributed by atoms with Gasteiger partial charge in [-0.15, -0.1) is 48.1 Å². The number of para-hydroxylation sites is 3. The molecule has 0 aliphatic carbocycles. The molecule has 0 bridgehead atoms. The molecule has 0 radical (unpaired) electrons. The third-order valence-corrected chi connectivity index (χ3v) is 24.3. The number of aromatic nitrogens is 2. The van der Waals surface area contributed by atoms with E-state index in [0.29, 0.717) is 11.5 Å². The quantitative estimate of drug-likeness (QED) is 0.101. The molecule has 2 aliphatic rings. The Balaban J connectivity index is 0.00000778. The van der Waals surface area contributed by atoms with Gasteiger partial charge in [-0.3, -0.25) is 0 Å². The molecule has 0 fully saturated rings. The molecule has 11 aromatic carbocycles. The van der Waals surface area contributed by atoms with Crippen molar-refractivity contribution < 1.29 is 25.8 Å². The largest absolute Gasteiger partial charge is 0.509 e. The minimum absolute atomic E-state index is 0. The van der Waals surface area contributed by atoms with Crippen LogP contribution in [0.4, 0.5) is 22.7 Å². The zero-order valence-corrected chi connectivity index (χ0v) is 59.6. The molecule has 0 saturated carbocycles. The van der Waals surface area contributed by atoms with Gasteiger partial charge in [0, 0.05) is 78.0 Å². The second-order valence-electron chi connectivity index (χ2n) is 29.7. The van der Waals surface area contributed by atoms with Crippen LogP contribution in [0, 0.1) is 18.8 Å². The number of fused-ring (bicyclic) bond motifs is 8. The molecule has 7 heteroatoms. The van der Waals surface area contributed by atoms with Crippen LogP contribution in [0.2, 0.25) is 0 Å². The maximum Gasteiger partial charge on any atom is 0.180 e. The Hall–Kier alpha value is -9.32. The van der Waals surface area contributed by atoms with Gasteiger partial charge in [0.05, 0.1) is 0 Å². The van der Waals surface area contributed by atoms with Crippen molar-refractivity contribution in [2.45, 2.75) is 105 Å². The fourth-order valence-corrected chi connectivity index (χ4v) is 20.0. The molecule has 0 spiro atoms. The van der Waals surface area contributed by atoms with Gasteiger partial charge in [0.15, 0.2) is 8.07 Å². The molecule has 0 saturated heterocycles. The summed E-state index contributed by atoms with van der Waals surface area (Å²) in [5.41, 5.74) is 20.3. The van der Waals surface area contributed by atoms with Crippen molar-refractivity contribution in [2.24, 2.45) is 0 Å². The number of anilines is 4. The fourth-order valence-electron chi connectivity index (χ4n) is 14.6. The van der Waals surface area contributed by atoms with Crippen LogP contribution in [0.3, 0.4) is 0 Å². The Kier molecular flexibility index (Phi) is 15.8. The third kappa shape index (κ3) is 11.0. The average molecular weight is 1430 g/mol. The SMILES string of the molecule is CC(C)(C)c1ccc(-c2cnc(-n3c4[c-]c(Oc5[c-]c(N6[CH-]N(c7c(-c8ccccc8)cccc7-c7cc(C(C)(C)C)cc(C(C)(C)C)c7)c7ccccc76)ccc5)ccc4c4c5c(ccc43)-c3ccccc3[Si]5(c3ccccc3)c3ccccc3)cc2C(C)(C)C)cc1.[Pt].